The van der Waals surface area contributed by atoms with Crippen LogP contribution in [0, 0.1) is 0 Å². The van der Waals surface area contributed by atoms with Crippen molar-refractivity contribution in [2.24, 2.45) is 0 Å². The van der Waals surface area contributed by atoms with E-state index in [1.807, 2.05) is 6.92 Å². The van der Waals surface area contributed by atoms with Crippen LogP contribution in [0.2, 0.25) is 5.02 Å². The Hall–Kier alpha value is -3.19. The Morgan fingerprint density at radius 1 is 1.14 bits per heavy atom. The molecule has 1 heterocycles. The third-order valence-electron chi connectivity index (χ3n) is 4.23. The standard InChI is InChI=1S/C21H20ClN3O4/c1-2-3-11-25-20(27)17-10-5-4-9-16(17)19(24-25)21(28)29-13-18(26)23-15-8-6-7-14(22)12-15/h4-10,12H,2-3,11,13H2,1H3,(H,23,26). The molecule has 0 saturated heterocycles. The van der Waals surface area contributed by atoms with E-state index < -0.39 is 18.5 Å². The predicted molar refractivity (Wildman–Crippen MR) is 111 cm³/mol. The van der Waals surface area contributed by atoms with Crippen LogP contribution >= 0.6 is 11.6 Å². The average molecular weight is 414 g/mol. The summed E-state index contributed by atoms with van der Waals surface area (Å²) in [7, 11) is 0. The van der Waals surface area contributed by atoms with Crippen LogP contribution in [0.25, 0.3) is 10.8 Å². The molecule has 0 spiro atoms. The van der Waals surface area contributed by atoms with E-state index in [2.05, 4.69) is 10.4 Å². The number of esters is 1. The van der Waals surface area contributed by atoms with Crippen LogP contribution in [0.1, 0.15) is 30.3 Å². The number of hydrogen-bond acceptors (Lipinski definition) is 5. The topological polar surface area (TPSA) is 90.3 Å². The lowest BCUT2D eigenvalue weighted by Crippen LogP contribution is -2.27. The highest BCUT2D eigenvalue weighted by atomic mass is 35.5. The minimum absolute atomic E-state index is 0.00635. The van der Waals surface area contributed by atoms with Crippen LogP contribution in [0.3, 0.4) is 0 Å². The summed E-state index contributed by atoms with van der Waals surface area (Å²) in [5.74, 6) is -1.28. The zero-order valence-corrected chi connectivity index (χ0v) is 16.6. The van der Waals surface area contributed by atoms with E-state index in [1.165, 1.54) is 4.68 Å². The summed E-state index contributed by atoms with van der Waals surface area (Å²) in [4.78, 5) is 37.3. The Kier molecular flexibility index (Phi) is 6.61. The summed E-state index contributed by atoms with van der Waals surface area (Å²) in [6.45, 7) is 1.91. The third-order valence-corrected chi connectivity index (χ3v) is 4.46. The number of hydrogen-bond donors (Lipinski definition) is 1. The molecule has 0 aliphatic heterocycles. The third kappa shape index (κ3) is 5.00. The lowest BCUT2D eigenvalue weighted by molar-refractivity contribution is -0.119. The maximum Gasteiger partial charge on any atom is 0.359 e. The van der Waals surface area contributed by atoms with Crippen LogP contribution in [-0.2, 0) is 16.1 Å². The minimum Gasteiger partial charge on any atom is -0.451 e. The maximum atomic E-state index is 12.6. The van der Waals surface area contributed by atoms with Gasteiger partial charge in [0.05, 0.1) is 5.39 Å². The second kappa shape index (κ2) is 9.34. The summed E-state index contributed by atoms with van der Waals surface area (Å²) < 4.78 is 6.41. The highest BCUT2D eigenvalue weighted by molar-refractivity contribution is 6.30. The first-order chi connectivity index (χ1) is 14.0. The number of benzene rings is 2. The normalized spacial score (nSPS) is 10.7. The predicted octanol–water partition coefficient (Wildman–Crippen LogP) is 3.65. The minimum atomic E-state index is -0.771. The number of amides is 1. The summed E-state index contributed by atoms with van der Waals surface area (Å²) in [5, 5.41) is 8.04. The molecule has 3 aromatic rings. The quantitative estimate of drug-likeness (QED) is 0.597. The number of carbonyl (C=O) groups excluding carboxylic acids is 2. The first-order valence-electron chi connectivity index (χ1n) is 9.22. The molecule has 2 aromatic carbocycles. The molecule has 1 amide bonds. The van der Waals surface area contributed by atoms with Gasteiger partial charge in [-0.15, -0.1) is 0 Å². The molecule has 8 heteroatoms. The van der Waals surface area contributed by atoms with E-state index in [-0.39, 0.29) is 11.3 Å². The molecule has 0 radical (unpaired) electrons. The van der Waals surface area contributed by atoms with Gasteiger partial charge in [-0.3, -0.25) is 9.59 Å². The largest absolute Gasteiger partial charge is 0.451 e. The number of fused-ring (bicyclic) bond motifs is 1. The lowest BCUT2D eigenvalue weighted by Gasteiger charge is -2.11. The number of aryl methyl sites for hydroxylation is 1. The highest BCUT2D eigenvalue weighted by Gasteiger charge is 2.19. The molecule has 29 heavy (non-hydrogen) atoms. The van der Waals surface area contributed by atoms with Gasteiger partial charge in [0, 0.05) is 22.6 Å². The van der Waals surface area contributed by atoms with Gasteiger partial charge in [0.25, 0.3) is 11.5 Å². The van der Waals surface area contributed by atoms with Crippen molar-refractivity contribution in [2.45, 2.75) is 26.3 Å². The molecule has 0 unspecified atom stereocenters. The molecular weight excluding hydrogens is 394 g/mol. The maximum absolute atomic E-state index is 12.6. The van der Waals surface area contributed by atoms with Gasteiger partial charge in [-0.25, -0.2) is 9.48 Å². The number of rotatable bonds is 7. The van der Waals surface area contributed by atoms with Gasteiger partial charge in [0.2, 0.25) is 0 Å². The van der Waals surface area contributed by atoms with E-state index in [9.17, 15) is 14.4 Å². The highest BCUT2D eigenvalue weighted by Crippen LogP contribution is 2.16. The van der Waals surface area contributed by atoms with Crippen LogP contribution in [-0.4, -0.2) is 28.3 Å². The van der Waals surface area contributed by atoms with Crippen LogP contribution in [0.15, 0.2) is 53.3 Å². The fraction of sp³-hybridized carbons (Fsp3) is 0.238. The average Bonchev–Trinajstić information content (AvgIpc) is 2.72. The van der Waals surface area contributed by atoms with E-state index in [4.69, 9.17) is 16.3 Å². The van der Waals surface area contributed by atoms with E-state index >= 15 is 0 Å². The first kappa shape index (κ1) is 20.5. The van der Waals surface area contributed by atoms with Crippen molar-refractivity contribution in [3.63, 3.8) is 0 Å². The van der Waals surface area contributed by atoms with Crippen molar-refractivity contribution in [3.05, 3.63) is 69.6 Å². The number of halogens is 1. The molecule has 0 fully saturated rings. The summed E-state index contributed by atoms with van der Waals surface area (Å²) in [5.41, 5.74) is 0.242. The molecule has 1 N–H and O–H groups in total. The van der Waals surface area contributed by atoms with Gasteiger partial charge >= 0.3 is 5.97 Å². The van der Waals surface area contributed by atoms with Crippen molar-refractivity contribution in [1.29, 1.82) is 0 Å². The molecule has 0 aliphatic carbocycles. The molecule has 150 valence electrons. The van der Waals surface area contributed by atoms with Gasteiger partial charge in [0.15, 0.2) is 12.3 Å². The molecular formula is C21H20ClN3O4. The van der Waals surface area contributed by atoms with Gasteiger partial charge in [-0.2, -0.15) is 5.10 Å². The molecule has 3 rings (SSSR count). The van der Waals surface area contributed by atoms with Crippen LogP contribution < -0.4 is 10.9 Å². The number of carbonyl (C=O) groups is 2. The summed E-state index contributed by atoms with van der Waals surface area (Å²) >= 11 is 5.88. The van der Waals surface area contributed by atoms with Crippen LogP contribution in [0.4, 0.5) is 5.69 Å². The smallest absolute Gasteiger partial charge is 0.359 e. The molecule has 1 aromatic heterocycles. The molecule has 0 aliphatic rings. The van der Waals surface area contributed by atoms with Gasteiger partial charge in [0.1, 0.15) is 0 Å². The Labute approximate surface area is 172 Å². The first-order valence-corrected chi connectivity index (χ1v) is 9.59. The van der Waals surface area contributed by atoms with Gasteiger partial charge in [-0.1, -0.05) is 49.2 Å². The lowest BCUT2D eigenvalue weighted by atomic mass is 10.1. The second-order valence-corrected chi connectivity index (χ2v) is 6.85. The Morgan fingerprint density at radius 3 is 2.62 bits per heavy atom. The Morgan fingerprint density at radius 2 is 1.90 bits per heavy atom. The second-order valence-electron chi connectivity index (χ2n) is 6.41. The monoisotopic (exact) mass is 413 g/mol. The number of anilines is 1. The van der Waals surface area contributed by atoms with Gasteiger partial charge in [-0.05, 0) is 30.7 Å². The van der Waals surface area contributed by atoms with Crippen molar-refractivity contribution in [3.8, 4) is 0 Å². The Bertz CT molecular complexity index is 1110. The van der Waals surface area contributed by atoms with E-state index in [1.54, 1.807) is 48.5 Å². The number of unbranched alkanes of at least 4 members (excludes halogenated alkanes) is 1. The fourth-order valence-corrected chi connectivity index (χ4v) is 3.00. The van der Waals surface area contributed by atoms with Crippen molar-refractivity contribution in [1.82, 2.24) is 9.78 Å². The van der Waals surface area contributed by atoms with E-state index in [0.717, 1.165) is 12.8 Å². The zero-order chi connectivity index (χ0) is 20.8. The zero-order valence-electron chi connectivity index (χ0n) is 15.9. The van der Waals surface area contributed by atoms with Crippen molar-refractivity contribution >= 4 is 39.9 Å². The number of nitrogens with one attached hydrogen (secondary N) is 1. The summed E-state index contributed by atoms with van der Waals surface area (Å²) in [6, 6.07) is 13.3. The Balaban J connectivity index is 1.78. The number of aromatic nitrogens is 2. The number of ether oxygens (including phenoxy) is 1. The number of nitrogens with zero attached hydrogens (tertiary/aromatic N) is 2. The van der Waals surface area contributed by atoms with Crippen molar-refractivity contribution in [2.75, 3.05) is 11.9 Å². The van der Waals surface area contributed by atoms with Crippen LogP contribution in [0.5, 0.6) is 0 Å². The van der Waals surface area contributed by atoms with Gasteiger partial charge < -0.3 is 10.1 Å². The molecule has 0 saturated carbocycles. The molecule has 0 bridgehead atoms. The fourth-order valence-electron chi connectivity index (χ4n) is 2.81. The molecule has 0 atom stereocenters. The SMILES string of the molecule is CCCCn1nc(C(=O)OCC(=O)Nc2cccc(Cl)c2)c2ccccc2c1=O. The molecule has 7 nitrogen and oxygen atoms in total. The van der Waals surface area contributed by atoms with Crippen molar-refractivity contribution < 1.29 is 14.3 Å². The summed E-state index contributed by atoms with van der Waals surface area (Å²) in [6.07, 6.45) is 1.63. The van der Waals surface area contributed by atoms with E-state index in [0.29, 0.717) is 28.0 Å².